The number of carbonyl (C=O) groups excluding carboxylic acids is 1. The highest BCUT2D eigenvalue weighted by Gasteiger charge is 2.23. The third kappa shape index (κ3) is 4.27. The van der Waals surface area contributed by atoms with Crippen LogP contribution in [0.15, 0.2) is 64.0 Å². The molecule has 0 saturated heterocycles. The highest BCUT2D eigenvalue weighted by atomic mass is 35.5. The van der Waals surface area contributed by atoms with Crippen LogP contribution in [0, 0.1) is 0 Å². The van der Waals surface area contributed by atoms with Gasteiger partial charge in [0.2, 0.25) is 5.82 Å². The summed E-state index contributed by atoms with van der Waals surface area (Å²) in [5, 5.41) is 8.67. The second kappa shape index (κ2) is 8.56. The molecule has 4 aromatic rings. The van der Waals surface area contributed by atoms with E-state index in [1.54, 1.807) is 43.3 Å². The second-order valence-corrected chi connectivity index (χ2v) is 9.14. The summed E-state index contributed by atoms with van der Waals surface area (Å²) >= 11 is 6.33. The lowest BCUT2D eigenvalue weighted by Gasteiger charge is -2.06. The minimum Gasteiger partial charge on any atom is -0.461 e. The van der Waals surface area contributed by atoms with E-state index in [1.165, 1.54) is 22.9 Å². The van der Waals surface area contributed by atoms with E-state index in [2.05, 4.69) is 15.2 Å². The van der Waals surface area contributed by atoms with Gasteiger partial charge in [0, 0.05) is 17.9 Å². The molecular weight excluding hydrogens is 456 g/mol. The lowest BCUT2D eigenvalue weighted by atomic mass is 10.2. The fourth-order valence-corrected chi connectivity index (χ4v) is 3.84. The van der Waals surface area contributed by atoms with Gasteiger partial charge in [0.05, 0.1) is 22.2 Å². The molecule has 2 aromatic carbocycles. The number of aromatic nitrogens is 4. The molecule has 11 heteroatoms. The lowest BCUT2D eigenvalue weighted by Crippen LogP contribution is -2.07. The van der Waals surface area contributed by atoms with E-state index in [9.17, 15) is 13.2 Å². The molecule has 0 aliphatic carbocycles. The molecule has 0 atom stereocenters. The van der Waals surface area contributed by atoms with Gasteiger partial charge in [0.1, 0.15) is 5.69 Å². The summed E-state index contributed by atoms with van der Waals surface area (Å²) in [5.74, 6) is -0.372. The molecule has 164 valence electrons. The molecule has 9 nitrogen and oxygen atoms in total. The number of halogens is 1. The number of ether oxygens (including phenoxy) is 1. The van der Waals surface area contributed by atoms with E-state index in [0.717, 1.165) is 6.26 Å². The molecule has 4 rings (SSSR count). The van der Waals surface area contributed by atoms with Crippen LogP contribution in [0.25, 0.3) is 28.7 Å². The molecule has 32 heavy (non-hydrogen) atoms. The number of nitrogens with zero attached hydrogens (tertiary/aromatic N) is 4. The van der Waals surface area contributed by atoms with Crippen molar-refractivity contribution in [2.75, 3.05) is 12.9 Å². The molecule has 0 saturated carbocycles. The highest BCUT2D eigenvalue weighted by Crippen LogP contribution is 2.29. The smallest absolute Gasteiger partial charge is 0.358 e. The Morgan fingerprint density at radius 1 is 1.16 bits per heavy atom. The summed E-state index contributed by atoms with van der Waals surface area (Å²) < 4.78 is 35.6. The number of hydrogen-bond donors (Lipinski definition) is 0. The molecule has 0 aliphatic heterocycles. The van der Waals surface area contributed by atoms with E-state index >= 15 is 0 Å². The van der Waals surface area contributed by atoms with Gasteiger partial charge in [-0.1, -0.05) is 41.0 Å². The summed E-state index contributed by atoms with van der Waals surface area (Å²) in [6, 6.07) is 14.6. The zero-order chi connectivity index (χ0) is 22.9. The number of rotatable bonds is 6. The first-order chi connectivity index (χ1) is 15.3. The Bertz CT molecular complexity index is 1410. The number of esters is 1. The summed E-state index contributed by atoms with van der Waals surface area (Å²) in [7, 11) is -3.40. The summed E-state index contributed by atoms with van der Waals surface area (Å²) in [6.45, 7) is 1.88. The van der Waals surface area contributed by atoms with Crippen LogP contribution >= 0.6 is 11.6 Å². The minimum atomic E-state index is -3.40. The van der Waals surface area contributed by atoms with Crippen LogP contribution in [0.4, 0.5) is 0 Å². The van der Waals surface area contributed by atoms with Crippen LogP contribution in [0.1, 0.15) is 17.4 Å². The Balaban J connectivity index is 1.82. The minimum absolute atomic E-state index is 0.0422. The number of carbonyl (C=O) groups is 1. The fourth-order valence-electron chi connectivity index (χ4n) is 2.96. The van der Waals surface area contributed by atoms with Gasteiger partial charge < -0.3 is 9.26 Å². The van der Waals surface area contributed by atoms with Crippen molar-refractivity contribution in [3.05, 3.63) is 65.3 Å². The maximum atomic E-state index is 12.3. The van der Waals surface area contributed by atoms with Crippen LogP contribution < -0.4 is 0 Å². The lowest BCUT2D eigenvalue weighted by molar-refractivity contribution is 0.0519. The topological polar surface area (TPSA) is 117 Å². The van der Waals surface area contributed by atoms with Crippen molar-refractivity contribution in [2.24, 2.45) is 0 Å². The van der Waals surface area contributed by atoms with Crippen molar-refractivity contribution in [3.8, 4) is 28.7 Å². The molecule has 0 fully saturated rings. The van der Waals surface area contributed by atoms with Crippen LogP contribution in [0.3, 0.4) is 0 Å². The van der Waals surface area contributed by atoms with Gasteiger partial charge >= 0.3 is 5.97 Å². The third-order valence-electron chi connectivity index (χ3n) is 4.44. The zero-order valence-corrected chi connectivity index (χ0v) is 18.6. The molecule has 0 bridgehead atoms. The van der Waals surface area contributed by atoms with E-state index in [1.807, 2.05) is 0 Å². The number of hydrogen-bond acceptors (Lipinski definition) is 8. The van der Waals surface area contributed by atoms with Gasteiger partial charge in [-0.2, -0.15) is 10.1 Å². The molecule has 0 unspecified atom stereocenters. The van der Waals surface area contributed by atoms with Crippen LogP contribution in [0.2, 0.25) is 5.02 Å². The number of para-hydroxylation sites is 1. The fraction of sp³-hybridized carbons (Fsp3) is 0.143. The second-order valence-electron chi connectivity index (χ2n) is 6.72. The van der Waals surface area contributed by atoms with Crippen LogP contribution in [0.5, 0.6) is 0 Å². The van der Waals surface area contributed by atoms with E-state index in [-0.39, 0.29) is 28.9 Å². The van der Waals surface area contributed by atoms with Crippen molar-refractivity contribution in [2.45, 2.75) is 11.8 Å². The molecule has 0 N–H and O–H groups in total. The molecule has 0 amide bonds. The summed E-state index contributed by atoms with van der Waals surface area (Å²) in [5.41, 5.74) is 1.32. The average molecular weight is 473 g/mol. The first-order valence-corrected chi connectivity index (χ1v) is 11.7. The summed E-state index contributed by atoms with van der Waals surface area (Å²) in [4.78, 5) is 16.8. The Labute approximate surface area is 188 Å². The monoisotopic (exact) mass is 472 g/mol. The van der Waals surface area contributed by atoms with Crippen molar-refractivity contribution in [3.63, 3.8) is 0 Å². The van der Waals surface area contributed by atoms with Crippen molar-refractivity contribution >= 4 is 27.4 Å². The standard InChI is InChI=1S/C21H17ClN4O5S/c1-3-30-21(27)16-12-18(26(24-16)17-10-5-4-9-15(17)22)20-23-19(25-31-20)13-7-6-8-14(11-13)32(2,28)29/h4-12H,3H2,1-2H3. The molecule has 0 spiro atoms. The van der Waals surface area contributed by atoms with Gasteiger partial charge in [-0.25, -0.2) is 17.9 Å². The van der Waals surface area contributed by atoms with Gasteiger partial charge in [0.25, 0.3) is 5.89 Å². The van der Waals surface area contributed by atoms with Gasteiger partial charge in [-0.3, -0.25) is 0 Å². The van der Waals surface area contributed by atoms with Crippen molar-refractivity contribution in [1.29, 1.82) is 0 Å². The maximum absolute atomic E-state index is 12.3. The Morgan fingerprint density at radius 3 is 2.66 bits per heavy atom. The third-order valence-corrected chi connectivity index (χ3v) is 5.87. The first kappa shape index (κ1) is 21.7. The number of sulfone groups is 1. The summed E-state index contributed by atoms with van der Waals surface area (Å²) in [6.07, 6.45) is 1.12. The molecule has 2 aromatic heterocycles. The van der Waals surface area contributed by atoms with Gasteiger partial charge in [0.15, 0.2) is 15.5 Å². The predicted octanol–water partition coefficient (Wildman–Crippen LogP) is 3.82. The molecule has 0 radical (unpaired) electrons. The maximum Gasteiger partial charge on any atom is 0.358 e. The Morgan fingerprint density at radius 2 is 1.94 bits per heavy atom. The molecular formula is C21H17ClN4O5S. The van der Waals surface area contributed by atoms with Crippen molar-refractivity contribution in [1.82, 2.24) is 19.9 Å². The van der Waals surface area contributed by atoms with Gasteiger partial charge in [-0.05, 0) is 31.2 Å². The largest absolute Gasteiger partial charge is 0.461 e. The molecule has 2 heterocycles. The van der Waals surface area contributed by atoms with E-state index < -0.39 is 15.8 Å². The van der Waals surface area contributed by atoms with Crippen LogP contribution in [-0.4, -0.2) is 47.2 Å². The van der Waals surface area contributed by atoms with E-state index in [0.29, 0.717) is 22.0 Å². The normalized spacial score (nSPS) is 11.5. The first-order valence-electron chi connectivity index (χ1n) is 9.44. The SMILES string of the molecule is CCOC(=O)c1cc(-c2nc(-c3cccc(S(C)(=O)=O)c3)no2)n(-c2ccccc2Cl)n1. The highest BCUT2D eigenvalue weighted by molar-refractivity contribution is 7.90. The average Bonchev–Trinajstić information content (AvgIpc) is 3.41. The Kier molecular flexibility index (Phi) is 5.81. The predicted molar refractivity (Wildman–Crippen MR) is 116 cm³/mol. The van der Waals surface area contributed by atoms with Crippen LogP contribution in [-0.2, 0) is 14.6 Å². The Hall–Kier alpha value is -3.50. The quantitative estimate of drug-likeness (QED) is 0.388. The zero-order valence-electron chi connectivity index (χ0n) is 17.0. The van der Waals surface area contributed by atoms with Gasteiger partial charge in [-0.15, -0.1) is 0 Å². The van der Waals surface area contributed by atoms with E-state index in [4.69, 9.17) is 20.9 Å². The van der Waals surface area contributed by atoms with Crippen molar-refractivity contribution < 1.29 is 22.5 Å². The number of benzene rings is 2. The molecule has 0 aliphatic rings.